The van der Waals surface area contributed by atoms with Gasteiger partial charge >= 0.3 is 0 Å². The molecule has 0 amide bonds. The minimum Gasteiger partial charge on any atom is -0.330 e. The zero-order valence-electron chi connectivity index (χ0n) is 10.3. The van der Waals surface area contributed by atoms with Gasteiger partial charge in [0.1, 0.15) is 5.82 Å². The van der Waals surface area contributed by atoms with Crippen molar-refractivity contribution in [1.29, 1.82) is 0 Å². The lowest BCUT2D eigenvalue weighted by molar-refractivity contribution is 0.548. The maximum Gasteiger partial charge on any atom is 0.182 e. The topological polar surface area (TPSA) is 69.6 Å². The molecule has 0 aliphatic rings. The molecule has 0 bridgehead atoms. The Balaban J connectivity index is 2.27. The van der Waals surface area contributed by atoms with Crippen molar-refractivity contribution in [2.24, 2.45) is 5.73 Å². The van der Waals surface area contributed by atoms with Crippen LogP contribution in [-0.4, -0.2) is 26.8 Å². The Morgan fingerprint density at radius 3 is 2.94 bits per heavy atom. The highest BCUT2D eigenvalue weighted by Crippen LogP contribution is 2.21. The van der Waals surface area contributed by atoms with Crippen LogP contribution in [0, 0.1) is 12.7 Å². The highest BCUT2D eigenvalue weighted by Gasteiger charge is 2.11. The molecular weight excluding hydrogens is 233 g/mol. The normalized spacial score (nSPS) is 10.8. The monoisotopic (exact) mass is 249 g/mol. The number of aromatic nitrogens is 4. The van der Waals surface area contributed by atoms with E-state index in [2.05, 4.69) is 15.5 Å². The molecule has 1 aromatic heterocycles. The van der Waals surface area contributed by atoms with Gasteiger partial charge in [0.25, 0.3) is 0 Å². The predicted molar refractivity (Wildman–Crippen MR) is 66.2 cm³/mol. The molecule has 2 N–H and O–H groups in total. The number of nitrogens with zero attached hydrogens (tertiary/aromatic N) is 4. The van der Waals surface area contributed by atoms with Crippen molar-refractivity contribution < 1.29 is 4.39 Å². The number of tetrazole rings is 1. The van der Waals surface area contributed by atoms with Crippen LogP contribution in [0.5, 0.6) is 0 Å². The average Bonchev–Trinajstić information content (AvgIpc) is 2.81. The summed E-state index contributed by atoms with van der Waals surface area (Å²) in [6.45, 7) is 3.25. The molecule has 5 nitrogen and oxygen atoms in total. The molecule has 96 valence electrons. The molecule has 0 aliphatic heterocycles. The SMILES string of the molecule is Cc1ccc(F)cc1-c1nnnn1CCCCN. The quantitative estimate of drug-likeness (QED) is 0.816. The molecule has 0 fully saturated rings. The first kappa shape index (κ1) is 12.6. The Bertz CT molecular complexity index is 523. The van der Waals surface area contributed by atoms with Crippen LogP contribution in [0.3, 0.4) is 0 Å². The van der Waals surface area contributed by atoms with Gasteiger partial charge in [-0.2, -0.15) is 0 Å². The molecule has 0 radical (unpaired) electrons. The minimum atomic E-state index is -0.285. The van der Waals surface area contributed by atoms with Crippen LogP contribution < -0.4 is 5.73 Å². The summed E-state index contributed by atoms with van der Waals surface area (Å²) in [5, 5.41) is 11.6. The zero-order chi connectivity index (χ0) is 13.0. The highest BCUT2D eigenvalue weighted by atomic mass is 19.1. The van der Waals surface area contributed by atoms with Gasteiger partial charge in [-0.3, -0.25) is 0 Å². The molecule has 1 heterocycles. The summed E-state index contributed by atoms with van der Waals surface area (Å²) in [6.07, 6.45) is 1.82. The number of rotatable bonds is 5. The first-order valence-electron chi connectivity index (χ1n) is 5.95. The number of halogens is 1. The zero-order valence-corrected chi connectivity index (χ0v) is 10.3. The second-order valence-electron chi connectivity index (χ2n) is 4.18. The molecule has 18 heavy (non-hydrogen) atoms. The molecular formula is C12H16FN5. The Labute approximate surface area is 105 Å². The lowest BCUT2D eigenvalue weighted by atomic mass is 10.1. The molecule has 6 heteroatoms. The summed E-state index contributed by atoms with van der Waals surface area (Å²) < 4.78 is 15.0. The number of hydrogen-bond donors (Lipinski definition) is 1. The van der Waals surface area contributed by atoms with Crippen molar-refractivity contribution in [3.8, 4) is 11.4 Å². The van der Waals surface area contributed by atoms with Crippen LogP contribution in [0.25, 0.3) is 11.4 Å². The van der Waals surface area contributed by atoms with E-state index < -0.39 is 0 Å². The third-order valence-electron chi connectivity index (χ3n) is 2.80. The van der Waals surface area contributed by atoms with Gasteiger partial charge in [-0.15, -0.1) is 5.10 Å². The number of unbranched alkanes of at least 4 members (excludes halogenated alkanes) is 1. The lowest BCUT2D eigenvalue weighted by Gasteiger charge is -2.06. The molecule has 1 aromatic carbocycles. The van der Waals surface area contributed by atoms with Gasteiger partial charge in [0, 0.05) is 12.1 Å². The van der Waals surface area contributed by atoms with Crippen molar-refractivity contribution in [3.63, 3.8) is 0 Å². The molecule has 0 spiro atoms. The van der Waals surface area contributed by atoms with Gasteiger partial charge in [0.2, 0.25) is 0 Å². The minimum absolute atomic E-state index is 0.285. The molecule has 0 saturated carbocycles. The summed E-state index contributed by atoms with van der Waals surface area (Å²) >= 11 is 0. The van der Waals surface area contributed by atoms with E-state index in [0.29, 0.717) is 18.9 Å². The first-order valence-corrected chi connectivity index (χ1v) is 5.95. The van der Waals surface area contributed by atoms with E-state index in [1.165, 1.54) is 12.1 Å². The Kier molecular flexibility index (Phi) is 3.99. The van der Waals surface area contributed by atoms with Crippen molar-refractivity contribution in [2.75, 3.05) is 6.54 Å². The molecule has 2 rings (SSSR count). The Morgan fingerprint density at radius 2 is 2.17 bits per heavy atom. The third kappa shape index (κ3) is 2.70. The van der Waals surface area contributed by atoms with Crippen molar-refractivity contribution in [1.82, 2.24) is 20.2 Å². The van der Waals surface area contributed by atoms with E-state index in [-0.39, 0.29) is 5.82 Å². The van der Waals surface area contributed by atoms with Crippen LogP contribution in [0.2, 0.25) is 0 Å². The Hall–Kier alpha value is -1.82. The van der Waals surface area contributed by atoms with E-state index in [1.807, 2.05) is 6.92 Å². The molecule has 0 aliphatic carbocycles. The fourth-order valence-electron chi connectivity index (χ4n) is 1.79. The van der Waals surface area contributed by atoms with Gasteiger partial charge in [0.15, 0.2) is 5.82 Å². The summed E-state index contributed by atoms with van der Waals surface area (Å²) in [5.41, 5.74) is 7.13. The lowest BCUT2D eigenvalue weighted by Crippen LogP contribution is -2.06. The van der Waals surface area contributed by atoms with Gasteiger partial charge in [-0.25, -0.2) is 9.07 Å². The van der Waals surface area contributed by atoms with Gasteiger partial charge < -0.3 is 5.73 Å². The summed E-state index contributed by atoms with van der Waals surface area (Å²) in [6, 6.07) is 4.62. The maximum absolute atomic E-state index is 13.3. The van der Waals surface area contributed by atoms with Gasteiger partial charge in [0.05, 0.1) is 0 Å². The van der Waals surface area contributed by atoms with Crippen molar-refractivity contribution >= 4 is 0 Å². The van der Waals surface area contributed by atoms with Crippen molar-refractivity contribution in [2.45, 2.75) is 26.3 Å². The van der Waals surface area contributed by atoms with Crippen LogP contribution in [0.1, 0.15) is 18.4 Å². The average molecular weight is 249 g/mol. The number of benzene rings is 1. The fourth-order valence-corrected chi connectivity index (χ4v) is 1.79. The maximum atomic E-state index is 13.3. The smallest absolute Gasteiger partial charge is 0.182 e. The summed E-state index contributed by atoms with van der Waals surface area (Å²) in [7, 11) is 0. The second-order valence-corrected chi connectivity index (χ2v) is 4.18. The Morgan fingerprint density at radius 1 is 1.33 bits per heavy atom. The third-order valence-corrected chi connectivity index (χ3v) is 2.80. The predicted octanol–water partition coefficient (Wildman–Crippen LogP) is 1.53. The summed E-state index contributed by atoms with van der Waals surface area (Å²) in [4.78, 5) is 0. The number of nitrogens with two attached hydrogens (primary N) is 1. The first-order chi connectivity index (χ1) is 8.72. The van der Waals surface area contributed by atoms with Gasteiger partial charge in [-0.05, 0) is 54.4 Å². The second kappa shape index (κ2) is 5.68. The van der Waals surface area contributed by atoms with E-state index in [9.17, 15) is 4.39 Å². The van der Waals surface area contributed by atoms with Crippen LogP contribution in [-0.2, 0) is 6.54 Å². The van der Waals surface area contributed by atoms with Crippen LogP contribution >= 0.6 is 0 Å². The van der Waals surface area contributed by atoms with E-state index in [0.717, 1.165) is 24.0 Å². The number of hydrogen-bond acceptors (Lipinski definition) is 4. The largest absolute Gasteiger partial charge is 0.330 e. The molecule has 2 aromatic rings. The van der Waals surface area contributed by atoms with E-state index in [1.54, 1.807) is 10.7 Å². The van der Waals surface area contributed by atoms with E-state index in [4.69, 9.17) is 5.73 Å². The van der Waals surface area contributed by atoms with Crippen LogP contribution in [0.4, 0.5) is 4.39 Å². The highest BCUT2D eigenvalue weighted by molar-refractivity contribution is 5.59. The van der Waals surface area contributed by atoms with E-state index >= 15 is 0 Å². The van der Waals surface area contributed by atoms with Crippen LogP contribution in [0.15, 0.2) is 18.2 Å². The standard InChI is InChI=1S/C12H16FN5/c1-9-4-5-10(13)8-11(9)12-15-16-17-18(12)7-3-2-6-14/h4-5,8H,2-3,6-7,14H2,1H3. The van der Waals surface area contributed by atoms with Gasteiger partial charge in [-0.1, -0.05) is 6.07 Å². The number of aryl methyl sites for hydroxylation is 2. The van der Waals surface area contributed by atoms with Crippen molar-refractivity contribution in [3.05, 3.63) is 29.6 Å². The molecule has 0 atom stereocenters. The summed E-state index contributed by atoms with van der Waals surface area (Å²) in [5.74, 6) is 0.316. The fraction of sp³-hybridized carbons (Fsp3) is 0.417. The molecule has 0 unspecified atom stereocenters. The molecule has 0 saturated heterocycles.